The third kappa shape index (κ3) is 3.27. The van der Waals surface area contributed by atoms with Crippen LogP contribution in [0, 0.1) is 5.41 Å². The van der Waals surface area contributed by atoms with Crippen molar-refractivity contribution in [1.29, 1.82) is 0 Å². The molecule has 0 N–H and O–H groups in total. The fraction of sp³-hybridized carbons (Fsp3) is 0.611. The summed E-state index contributed by atoms with van der Waals surface area (Å²) in [4.78, 5) is 2.57. The number of hydrogen-bond acceptors (Lipinski definition) is 4. The summed E-state index contributed by atoms with van der Waals surface area (Å²) in [6, 6.07) is 5.91. The van der Waals surface area contributed by atoms with Crippen LogP contribution in [-0.4, -0.2) is 36.8 Å². The normalized spacial score (nSPS) is 18.0. The van der Waals surface area contributed by atoms with Gasteiger partial charge in [0, 0.05) is 17.8 Å². The average Bonchev–Trinajstić information content (AvgIpc) is 2.89. The lowest BCUT2D eigenvalue weighted by Gasteiger charge is -2.35. The Balaban J connectivity index is 1.73. The molecule has 0 amide bonds. The van der Waals surface area contributed by atoms with Crippen LogP contribution in [0.2, 0.25) is 0 Å². The molecule has 1 saturated heterocycles. The van der Waals surface area contributed by atoms with E-state index in [1.165, 1.54) is 0 Å². The smallest absolute Gasteiger partial charge is 0.167 e. The summed E-state index contributed by atoms with van der Waals surface area (Å²) < 4.78 is 10.8. The summed E-state index contributed by atoms with van der Waals surface area (Å²) in [5, 5.41) is 5.45. The lowest BCUT2D eigenvalue weighted by Crippen LogP contribution is -2.38. The molecule has 120 valence electrons. The number of methoxy groups -OCH3 is 1. The van der Waals surface area contributed by atoms with Crippen molar-refractivity contribution in [2.75, 3.05) is 26.7 Å². The first-order chi connectivity index (χ1) is 10.5. The molecule has 22 heavy (non-hydrogen) atoms. The van der Waals surface area contributed by atoms with Crippen LogP contribution in [0.3, 0.4) is 0 Å². The van der Waals surface area contributed by atoms with Crippen LogP contribution < -0.4 is 4.74 Å². The van der Waals surface area contributed by atoms with E-state index in [1.54, 1.807) is 7.11 Å². The molecule has 4 heteroatoms. The van der Waals surface area contributed by atoms with Crippen molar-refractivity contribution >= 4 is 11.0 Å². The minimum Gasteiger partial charge on any atom is -0.497 e. The summed E-state index contributed by atoms with van der Waals surface area (Å²) >= 11 is 0. The molecule has 0 radical (unpaired) electrons. The van der Waals surface area contributed by atoms with Crippen molar-refractivity contribution in [3.8, 4) is 5.75 Å². The maximum Gasteiger partial charge on any atom is 0.167 e. The summed E-state index contributed by atoms with van der Waals surface area (Å²) in [5.41, 5.74) is 2.32. The van der Waals surface area contributed by atoms with Gasteiger partial charge in [0.2, 0.25) is 0 Å². The molecule has 0 atom stereocenters. The van der Waals surface area contributed by atoms with Crippen LogP contribution in [-0.2, 0) is 0 Å². The van der Waals surface area contributed by atoms with Gasteiger partial charge in [0.05, 0.1) is 12.8 Å². The molecule has 0 bridgehead atoms. The molecule has 0 aliphatic carbocycles. The number of fused-ring (bicyclic) bond motifs is 1. The van der Waals surface area contributed by atoms with E-state index in [4.69, 9.17) is 9.26 Å². The van der Waals surface area contributed by atoms with E-state index in [-0.39, 0.29) is 0 Å². The van der Waals surface area contributed by atoms with Crippen LogP contribution in [0.5, 0.6) is 5.75 Å². The number of nitrogens with zero attached hydrogens (tertiary/aromatic N) is 2. The van der Waals surface area contributed by atoms with E-state index in [1.807, 2.05) is 18.2 Å². The Morgan fingerprint density at radius 1 is 1.27 bits per heavy atom. The first kappa shape index (κ1) is 15.3. The molecule has 2 heterocycles. The SMILES string of the molecule is COc1ccc2onc(C3CCN(CC(C)(C)C)CC3)c2c1. The van der Waals surface area contributed by atoms with Crippen molar-refractivity contribution in [3.63, 3.8) is 0 Å². The Bertz CT molecular complexity index is 634. The number of piperidine rings is 1. The van der Waals surface area contributed by atoms with Gasteiger partial charge in [-0.05, 0) is 49.5 Å². The van der Waals surface area contributed by atoms with Gasteiger partial charge in [0.1, 0.15) is 5.75 Å². The molecule has 0 unspecified atom stereocenters. The molecule has 0 spiro atoms. The van der Waals surface area contributed by atoms with Gasteiger partial charge in [-0.3, -0.25) is 0 Å². The monoisotopic (exact) mass is 302 g/mol. The van der Waals surface area contributed by atoms with Crippen molar-refractivity contribution in [3.05, 3.63) is 23.9 Å². The van der Waals surface area contributed by atoms with Crippen molar-refractivity contribution in [2.45, 2.75) is 39.5 Å². The second kappa shape index (κ2) is 5.92. The highest BCUT2D eigenvalue weighted by Crippen LogP contribution is 2.34. The molecule has 0 saturated carbocycles. The summed E-state index contributed by atoms with van der Waals surface area (Å²) in [6.07, 6.45) is 2.30. The second-order valence-corrected chi connectivity index (χ2v) is 7.54. The zero-order valence-corrected chi connectivity index (χ0v) is 14.1. The van der Waals surface area contributed by atoms with Crippen LogP contribution >= 0.6 is 0 Å². The van der Waals surface area contributed by atoms with Gasteiger partial charge in [-0.2, -0.15) is 0 Å². The standard InChI is InChI=1S/C18H26N2O2/c1-18(2,3)12-20-9-7-13(8-10-20)17-15-11-14(21-4)5-6-16(15)22-19-17/h5-6,11,13H,7-10,12H2,1-4H3. The van der Waals surface area contributed by atoms with Gasteiger partial charge in [-0.15, -0.1) is 0 Å². The maximum absolute atomic E-state index is 5.49. The quantitative estimate of drug-likeness (QED) is 0.857. The van der Waals surface area contributed by atoms with Crippen molar-refractivity contribution in [2.24, 2.45) is 5.41 Å². The number of rotatable bonds is 3. The third-order valence-corrected chi connectivity index (χ3v) is 4.38. The Morgan fingerprint density at radius 2 is 2.00 bits per heavy atom. The van der Waals surface area contributed by atoms with Gasteiger partial charge in [0.25, 0.3) is 0 Å². The Hall–Kier alpha value is -1.55. The van der Waals surface area contributed by atoms with Gasteiger partial charge in [0.15, 0.2) is 5.58 Å². The highest BCUT2D eigenvalue weighted by Gasteiger charge is 2.27. The molecule has 1 aliphatic rings. The Morgan fingerprint density at radius 3 is 2.64 bits per heavy atom. The largest absolute Gasteiger partial charge is 0.497 e. The molecule has 4 nitrogen and oxygen atoms in total. The molecule has 3 rings (SSSR count). The number of benzene rings is 1. The van der Waals surface area contributed by atoms with Gasteiger partial charge in [-0.25, -0.2) is 0 Å². The molecule has 1 aliphatic heterocycles. The van der Waals surface area contributed by atoms with Crippen molar-refractivity contribution < 1.29 is 9.26 Å². The second-order valence-electron chi connectivity index (χ2n) is 7.54. The molecule has 2 aromatic rings. The minimum absolute atomic E-state index is 0.362. The van der Waals surface area contributed by atoms with E-state index < -0.39 is 0 Å². The van der Waals surface area contributed by atoms with Gasteiger partial charge >= 0.3 is 0 Å². The zero-order valence-electron chi connectivity index (χ0n) is 14.1. The van der Waals surface area contributed by atoms with E-state index in [2.05, 4.69) is 30.8 Å². The van der Waals surface area contributed by atoms with Crippen LogP contribution in [0.4, 0.5) is 0 Å². The lowest BCUT2D eigenvalue weighted by atomic mass is 9.89. The average molecular weight is 302 g/mol. The topological polar surface area (TPSA) is 38.5 Å². The summed E-state index contributed by atoms with van der Waals surface area (Å²) in [7, 11) is 1.69. The molecule has 1 aromatic heterocycles. The fourth-order valence-electron chi connectivity index (χ4n) is 3.39. The van der Waals surface area contributed by atoms with E-state index in [9.17, 15) is 0 Å². The summed E-state index contributed by atoms with van der Waals surface area (Å²) in [5.74, 6) is 1.35. The predicted molar refractivity (Wildman–Crippen MR) is 88.4 cm³/mol. The third-order valence-electron chi connectivity index (χ3n) is 4.38. The number of hydrogen-bond donors (Lipinski definition) is 0. The minimum atomic E-state index is 0.362. The molecular weight excluding hydrogens is 276 g/mol. The number of likely N-dealkylation sites (tertiary alicyclic amines) is 1. The first-order valence-corrected chi connectivity index (χ1v) is 8.12. The van der Waals surface area contributed by atoms with E-state index in [0.29, 0.717) is 11.3 Å². The van der Waals surface area contributed by atoms with Gasteiger partial charge < -0.3 is 14.2 Å². The highest BCUT2D eigenvalue weighted by atomic mass is 16.5. The summed E-state index contributed by atoms with van der Waals surface area (Å²) in [6.45, 7) is 10.3. The number of ether oxygens (including phenoxy) is 1. The zero-order chi connectivity index (χ0) is 15.7. The molecule has 1 fully saturated rings. The lowest BCUT2D eigenvalue weighted by molar-refractivity contribution is 0.152. The Labute approximate surface area is 132 Å². The van der Waals surface area contributed by atoms with Crippen LogP contribution in [0.1, 0.15) is 45.2 Å². The van der Waals surface area contributed by atoms with Crippen LogP contribution in [0.15, 0.2) is 22.7 Å². The maximum atomic E-state index is 5.49. The van der Waals surface area contributed by atoms with Crippen molar-refractivity contribution in [1.82, 2.24) is 10.1 Å². The van der Waals surface area contributed by atoms with Crippen LogP contribution in [0.25, 0.3) is 11.0 Å². The fourth-order valence-corrected chi connectivity index (χ4v) is 3.39. The first-order valence-electron chi connectivity index (χ1n) is 8.12. The molecular formula is C18H26N2O2. The highest BCUT2D eigenvalue weighted by molar-refractivity contribution is 5.81. The Kier molecular flexibility index (Phi) is 4.13. The van der Waals surface area contributed by atoms with Gasteiger partial charge in [-0.1, -0.05) is 25.9 Å². The van der Waals surface area contributed by atoms with E-state index >= 15 is 0 Å². The number of aromatic nitrogens is 1. The molecule has 1 aromatic carbocycles. The predicted octanol–water partition coefficient (Wildman–Crippen LogP) is 4.06. The van der Waals surface area contributed by atoms with E-state index in [0.717, 1.165) is 54.9 Å².